The highest BCUT2D eigenvalue weighted by Crippen LogP contribution is 2.40. The lowest BCUT2D eigenvalue weighted by molar-refractivity contribution is 0.0942. The van der Waals surface area contributed by atoms with Gasteiger partial charge in [-0.3, -0.25) is 4.79 Å². The average Bonchev–Trinajstić information content (AvgIpc) is 3.31. The van der Waals surface area contributed by atoms with Gasteiger partial charge in [-0.25, -0.2) is 9.67 Å². The van der Waals surface area contributed by atoms with E-state index in [1.165, 1.54) is 0 Å². The Kier molecular flexibility index (Phi) is 6.60. The minimum Gasteiger partial charge on any atom is -0.349 e. The van der Waals surface area contributed by atoms with Crippen molar-refractivity contribution in [2.24, 2.45) is 5.73 Å². The Morgan fingerprint density at radius 2 is 2.08 bits per heavy atom. The van der Waals surface area contributed by atoms with E-state index in [1.54, 1.807) is 4.68 Å². The molecule has 6 nitrogen and oxygen atoms in total. The predicted octanol–water partition coefficient (Wildman–Crippen LogP) is 2.69. The summed E-state index contributed by atoms with van der Waals surface area (Å²) < 4.78 is 1.70. The molecule has 1 amide bonds. The molecule has 0 aliphatic heterocycles. The molecule has 2 aromatic rings. The fourth-order valence-electron chi connectivity index (χ4n) is 2.38. The Morgan fingerprint density at radius 3 is 2.75 bits per heavy atom. The van der Waals surface area contributed by atoms with Gasteiger partial charge in [-0.2, -0.15) is 0 Å². The normalized spacial score (nSPS) is 13.4. The summed E-state index contributed by atoms with van der Waals surface area (Å²) in [5.41, 5.74) is 6.20. The summed E-state index contributed by atoms with van der Waals surface area (Å²) in [6, 6.07) is 7.45. The molecule has 1 aliphatic rings. The fourth-order valence-corrected chi connectivity index (χ4v) is 2.59. The summed E-state index contributed by atoms with van der Waals surface area (Å²) in [6.45, 7) is 1.20. The number of carbonyl (C=O) groups is 1. The zero-order valence-corrected chi connectivity index (χ0v) is 14.8. The van der Waals surface area contributed by atoms with E-state index >= 15 is 0 Å². The van der Waals surface area contributed by atoms with Gasteiger partial charge in [-0.15, -0.1) is 17.5 Å². The first kappa shape index (κ1) is 18.7. The Labute approximate surface area is 152 Å². The Morgan fingerprint density at radius 1 is 1.33 bits per heavy atom. The number of aromatic nitrogens is 3. The third-order valence-corrected chi connectivity index (χ3v) is 4.09. The van der Waals surface area contributed by atoms with Crippen LogP contribution in [-0.4, -0.2) is 33.8 Å². The van der Waals surface area contributed by atoms with Crippen molar-refractivity contribution in [3.05, 3.63) is 40.9 Å². The van der Waals surface area contributed by atoms with Crippen LogP contribution in [0.2, 0.25) is 5.02 Å². The maximum absolute atomic E-state index is 12.2. The van der Waals surface area contributed by atoms with Gasteiger partial charge in [-0.05, 0) is 44.4 Å². The van der Waals surface area contributed by atoms with Crippen LogP contribution in [0.15, 0.2) is 24.3 Å². The number of nitrogens with two attached hydrogens (primary N) is 1. The van der Waals surface area contributed by atoms with Gasteiger partial charge in [0.2, 0.25) is 5.82 Å². The van der Waals surface area contributed by atoms with Gasteiger partial charge in [0, 0.05) is 12.5 Å². The number of nitrogens with zero attached hydrogens (tertiary/aromatic N) is 3. The Balaban J connectivity index is 0.00000208. The van der Waals surface area contributed by atoms with Crippen LogP contribution in [0.3, 0.4) is 0 Å². The molecule has 24 heavy (non-hydrogen) atoms. The first-order chi connectivity index (χ1) is 11.2. The monoisotopic (exact) mass is 369 g/mol. The second-order valence-corrected chi connectivity index (χ2v) is 6.09. The maximum atomic E-state index is 12.2. The van der Waals surface area contributed by atoms with Gasteiger partial charge in [0.15, 0.2) is 0 Å². The number of hydrogen-bond acceptors (Lipinski definition) is 4. The molecular weight excluding hydrogens is 349 g/mol. The largest absolute Gasteiger partial charge is 0.349 e. The molecule has 0 spiro atoms. The Hall–Kier alpha value is -1.63. The molecule has 130 valence electrons. The molecule has 3 rings (SSSR count). The van der Waals surface area contributed by atoms with Gasteiger partial charge in [0.05, 0.1) is 10.7 Å². The van der Waals surface area contributed by atoms with E-state index < -0.39 is 0 Å². The van der Waals surface area contributed by atoms with E-state index in [-0.39, 0.29) is 24.1 Å². The molecule has 0 atom stereocenters. The third kappa shape index (κ3) is 4.26. The van der Waals surface area contributed by atoms with Crippen molar-refractivity contribution in [2.75, 3.05) is 13.1 Å². The van der Waals surface area contributed by atoms with E-state index in [4.69, 9.17) is 17.3 Å². The third-order valence-electron chi connectivity index (χ3n) is 3.77. The molecule has 1 heterocycles. The number of amides is 1. The topological polar surface area (TPSA) is 85.8 Å². The molecule has 1 aromatic heterocycles. The lowest BCUT2D eigenvalue weighted by Crippen LogP contribution is -2.26. The number of nitrogens with one attached hydrogen (secondary N) is 1. The van der Waals surface area contributed by atoms with Crippen molar-refractivity contribution in [2.45, 2.75) is 31.6 Å². The smallest absolute Gasteiger partial charge is 0.290 e. The Bertz CT molecular complexity index is 700. The lowest BCUT2D eigenvalue weighted by Gasteiger charge is -2.06. The second-order valence-electron chi connectivity index (χ2n) is 5.68. The number of hydrogen-bond donors (Lipinski definition) is 2. The number of para-hydroxylation sites is 1. The number of benzene rings is 1. The van der Waals surface area contributed by atoms with Crippen molar-refractivity contribution in [3.63, 3.8) is 0 Å². The van der Waals surface area contributed by atoms with Gasteiger partial charge >= 0.3 is 0 Å². The number of carbonyl (C=O) groups excluding carboxylic acids is 1. The van der Waals surface area contributed by atoms with Gasteiger partial charge < -0.3 is 11.1 Å². The molecule has 1 aliphatic carbocycles. The van der Waals surface area contributed by atoms with Crippen LogP contribution in [-0.2, 0) is 0 Å². The highest BCUT2D eigenvalue weighted by molar-refractivity contribution is 6.32. The zero-order chi connectivity index (χ0) is 16.2. The summed E-state index contributed by atoms with van der Waals surface area (Å²) in [6.07, 6.45) is 3.87. The van der Waals surface area contributed by atoms with Crippen LogP contribution in [0, 0.1) is 0 Å². The van der Waals surface area contributed by atoms with E-state index in [9.17, 15) is 4.79 Å². The zero-order valence-electron chi connectivity index (χ0n) is 13.2. The molecule has 0 radical (unpaired) electrons. The van der Waals surface area contributed by atoms with Gasteiger partial charge in [0.25, 0.3) is 5.91 Å². The van der Waals surface area contributed by atoms with Crippen molar-refractivity contribution in [1.82, 2.24) is 20.1 Å². The van der Waals surface area contributed by atoms with Crippen LogP contribution < -0.4 is 11.1 Å². The molecule has 3 N–H and O–H groups in total. The highest BCUT2D eigenvalue weighted by Gasteiger charge is 2.31. The summed E-state index contributed by atoms with van der Waals surface area (Å²) >= 11 is 6.26. The van der Waals surface area contributed by atoms with Crippen LogP contribution in [0.4, 0.5) is 0 Å². The van der Waals surface area contributed by atoms with Crippen LogP contribution >= 0.6 is 24.0 Å². The molecule has 8 heteroatoms. The molecule has 0 saturated heterocycles. The average molecular weight is 370 g/mol. The number of halogens is 2. The fraction of sp³-hybridized carbons (Fsp3) is 0.438. The number of rotatable bonds is 7. The second kappa shape index (κ2) is 8.46. The first-order valence-corrected chi connectivity index (χ1v) is 8.28. The van der Waals surface area contributed by atoms with E-state index in [2.05, 4.69) is 15.4 Å². The minimum atomic E-state index is -0.255. The first-order valence-electron chi connectivity index (χ1n) is 7.91. The molecule has 1 saturated carbocycles. The van der Waals surface area contributed by atoms with E-state index in [0.717, 1.165) is 37.2 Å². The van der Waals surface area contributed by atoms with Crippen molar-refractivity contribution < 1.29 is 4.79 Å². The molecule has 1 fully saturated rings. The minimum absolute atomic E-state index is 0. The van der Waals surface area contributed by atoms with Crippen molar-refractivity contribution in [3.8, 4) is 5.69 Å². The summed E-state index contributed by atoms with van der Waals surface area (Å²) in [5.74, 6) is 1.11. The summed E-state index contributed by atoms with van der Waals surface area (Å²) in [4.78, 5) is 16.7. The van der Waals surface area contributed by atoms with Crippen LogP contribution in [0.25, 0.3) is 5.69 Å². The molecule has 0 bridgehead atoms. The molecule has 1 aromatic carbocycles. The highest BCUT2D eigenvalue weighted by atomic mass is 35.5. The van der Waals surface area contributed by atoms with E-state index in [1.807, 2.05) is 24.3 Å². The maximum Gasteiger partial charge on any atom is 0.290 e. The quantitative estimate of drug-likeness (QED) is 0.734. The molecule has 0 unspecified atom stereocenters. The SMILES string of the molecule is Cl.NCCCCNC(=O)c1nc(C2CC2)n(-c2ccccc2Cl)n1. The van der Waals surface area contributed by atoms with E-state index in [0.29, 0.717) is 24.0 Å². The van der Waals surface area contributed by atoms with Crippen molar-refractivity contribution >= 4 is 29.9 Å². The number of unbranched alkanes of at least 4 members (excludes halogenated alkanes) is 1. The predicted molar refractivity (Wildman–Crippen MR) is 96.2 cm³/mol. The summed E-state index contributed by atoms with van der Waals surface area (Å²) in [5, 5.41) is 7.81. The molecular formula is C16H21Cl2N5O. The standard InChI is InChI=1S/C16H20ClN5O.ClH/c17-12-5-1-2-6-13(12)22-15(11-7-8-11)20-14(21-22)16(23)19-10-4-3-9-18;/h1-2,5-6,11H,3-4,7-10,18H2,(H,19,23);1H. The van der Waals surface area contributed by atoms with Crippen LogP contribution in [0.1, 0.15) is 48.0 Å². The summed E-state index contributed by atoms with van der Waals surface area (Å²) in [7, 11) is 0. The van der Waals surface area contributed by atoms with Gasteiger partial charge in [-0.1, -0.05) is 23.7 Å². The van der Waals surface area contributed by atoms with Crippen molar-refractivity contribution in [1.29, 1.82) is 0 Å². The van der Waals surface area contributed by atoms with Gasteiger partial charge in [0.1, 0.15) is 5.82 Å². The van der Waals surface area contributed by atoms with Crippen LogP contribution in [0.5, 0.6) is 0 Å². The lowest BCUT2D eigenvalue weighted by atomic mass is 10.3.